The quantitative estimate of drug-likeness (QED) is 0.452. The Hall–Kier alpha value is -2.21. The fraction of sp³-hybridized carbons (Fsp3) is 0.526. The van der Waals surface area contributed by atoms with Crippen molar-refractivity contribution in [3.63, 3.8) is 0 Å². The molecule has 0 atom stereocenters. The molecule has 6 heteroatoms. The summed E-state index contributed by atoms with van der Waals surface area (Å²) in [4.78, 5) is 39.7. The second kappa shape index (κ2) is 11.4. The summed E-state index contributed by atoms with van der Waals surface area (Å²) in [5.74, 6) is -0.479. The van der Waals surface area contributed by atoms with Gasteiger partial charge in [0.1, 0.15) is 0 Å². The summed E-state index contributed by atoms with van der Waals surface area (Å²) < 4.78 is 4.91. The molecule has 0 aliphatic rings. The molecular weight excluding hydrogens is 320 g/mol. The standard InChI is InChI=1S/C19H28N2O4/c1-4-25-19(24)12-13-21(15-14-20(2)3)18(23)11-10-17(22)16-8-6-5-7-9-16/h5-9H,4,10-15H2,1-3H3. The third-order valence-electron chi connectivity index (χ3n) is 3.72. The third kappa shape index (κ3) is 8.44. The van der Waals surface area contributed by atoms with Crippen molar-refractivity contribution in [1.29, 1.82) is 0 Å². The van der Waals surface area contributed by atoms with Crippen molar-refractivity contribution in [1.82, 2.24) is 9.80 Å². The molecule has 1 aromatic rings. The highest BCUT2D eigenvalue weighted by atomic mass is 16.5. The number of carbonyl (C=O) groups is 3. The highest BCUT2D eigenvalue weighted by Crippen LogP contribution is 2.07. The molecular formula is C19H28N2O4. The van der Waals surface area contributed by atoms with Gasteiger partial charge in [0.2, 0.25) is 5.91 Å². The van der Waals surface area contributed by atoms with Crippen LogP contribution in [0.4, 0.5) is 0 Å². The molecule has 0 bridgehead atoms. The molecule has 1 aromatic carbocycles. The molecule has 0 unspecified atom stereocenters. The molecule has 25 heavy (non-hydrogen) atoms. The molecule has 1 rings (SSSR count). The maximum atomic E-state index is 12.5. The van der Waals surface area contributed by atoms with E-state index in [0.29, 0.717) is 31.8 Å². The Morgan fingerprint density at radius 3 is 2.20 bits per heavy atom. The molecule has 6 nitrogen and oxygen atoms in total. The Kier molecular flexibility index (Phi) is 9.47. The minimum Gasteiger partial charge on any atom is -0.466 e. The van der Waals surface area contributed by atoms with Crippen LogP contribution in [0, 0.1) is 0 Å². The lowest BCUT2D eigenvalue weighted by molar-refractivity contribution is -0.144. The minimum atomic E-state index is -0.314. The molecule has 0 aliphatic carbocycles. The second-order valence-electron chi connectivity index (χ2n) is 6.03. The lowest BCUT2D eigenvalue weighted by Crippen LogP contribution is -2.38. The van der Waals surface area contributed by atoms with Gasteiger partial charge in [-0.1, -0.05) is 30.3 Å². The van der Waals surface area contributed by atoms with Crippen LogP contribution in [0.1, 0.15) is 36.5 Å². The van der Waals surface area contributed by atoms with Gasteiger partial charge in [-0.3, -0.25) is 14.4 Å². The van der Waals surface area contributed by atoms with Crippen molar-refractivity contribution in [3.05, 3.63) is 35.9 Å². The summed E-state index contributed by atoms with van der Waals surface area (Å²) in [6.45, 7) is 3.61. The van der Waals surface area contributed by atoms with Crippen LogP contribution in [0.15, 0.2) is 30.3 Å². The summed E-state index contributed by atoms with van der Waals surface area (Å²) in [6.07, 6.45) is 0.477. The van der Waals surface area contributed by atoms with Crippen molar-refractivity contribution in [3.8, 4) is 0 Å². The molecule has 0 aromatic heterocycles. The number of rotatable bonds is 11. The van der Waals surface area contributed by atoms with Crippen LogP contribution in [0.2, 0.25) is 0 Å². The largest absolute Gasteiger partial charge is 0.466 e. The molecule has 0 radical (unpaired) electrons. The second-order valence-corrected chi connectivity index (χ2v) is 6.03. The Bertz CT molecular complexity index is 558. The van der Waals surface area contributed by atoms with Gasteiger partial charge >= 0.3 is 5.97 Å². The van der Waals surface area contributed by atoms with Gasteiger partial charge in [0.15, 0.2) is 5.78 Å². The number of hydrogen-bond acceptors (Lipinski definition) is 5. The molecule has 0 fully saturated rings. The minimum absolute atomic E-state index is 0.0492. The van der Waals surface area contributed by atoms with E-state index in [1.54, 1.807) is 36.1 Å². The maximum absolute atomic E-state index is 12.5. The number of nitrogens with zero attached hydrogens (tertiary/aromatic N) is 2. The van der Waals surface area contributed by atoms with E-state index in [1.165, 1.54) is 0 Å². The Labute approximate surface area is 149 Å². The number of benzene rings is 1. The summed E-state index contributed by atoms with van der Waals surface area (Å²) in [7, 11) is 3.85. The van der Waals surface area contributed by atoms with E-state index in [1.807, 2.05) is 25.1 Å². The van der Waals surface area contributed by atoms with E-state index in [0.717, 1.165) is 0 Å². The number of ether oxygens (including phenoxy) is 1. The van der Waals surface area contributed by atoms with Gasteiger partial charge < -0.3 is 14.5 Å². The molecule has 0 saturated carbocycles. The topological polar surface area (TPSA) is 66.9 Å². The first-order valence-corrected chi connectivity index (χ1v) is 8.60. The van der Waals surface area contributed by atoms with E-state index >= 15 is 0 Å². The molecule has 1 amide bonds. The van der Waals surface area contributed by atoms with Crippen molar-refractivity contribution in [2.75, 3.05) is 40.3 Å². The maximum Gasteiger partial charge on any atom is 0.307 e. The summed E-state index contributed by atoms with van der Waals surface area (Å²) in [6, 6.07) is 8.95. The average molecular weight is 348 g/mol. The van der Waals surface area contributed by atoms with E-state index in [9.17, 15) is 14.4 Å². The Morgan fingerprint density at radius 2 is 1.60 bits per heavy atom. The first-order valence-electron chi connectivity index (χ1n) is 8.60. The van der Waals surface area contributed by atoms with Gasteiger partial charge in [-0.25, -0.2) is 0 Å². The van der Waals surface area contributed by atoms with Crippen LogP contribution in [0.25, 0.3) is 0 Å². The van der Waals surface area contributed by atoms with Crippen LogP contribution < -0.4 is 0 Å². The molecule has 0 N–H and O–H groups in total. The Balaban J connectivity index is 2.55. The van der Waals surface area contributed by atoms with Crippen LogP contribution in [0.3, 0.4) is 0 Å². The van der Waals surface area contributed by atoms with Crippen LogP contribution >= 0.6 is 0 Å². The normalized spacial score (nSPS) is 10.6. The lowest BCUT2D eigenvalue weighted by atomic mass is 10.1. The predicted octanol–water partition coefficient (Wildman–Crippen LogP) is 1.99. The molecule has 0 spiro atoms. The van der Waals surface area contributed by atoms with E-state index < -0.39 is 0 Å². The van der Waals surface area contributed by atoms with Gasteiger partial charge in [0, 0.05) is 38.0 Å². The van der Waals surface area contributed by atoms with Crippen molar-refractivity contribution >= 4 is 17.7 Å². The zero-order chi connectivity index (χ0) is 18.7. The average Bonchev–Trinajstić information content (AvgIpc) is 2.60. The number of ketones is 1. The van der Waals surface area contributed by atoms with Crippen molar-refractivity contribution in [2.24, 2.45) is 0 Å². The molecule has 138 valence electrons. The highest BCUT2D eigenvalue weighted by Gasteiger charge is 2.17. The van der Waals surface area contributed by atoms with E-state index in [-0.39, 0.29) is 36.9 Å². The van der Waals surface area contributed by atoms with Gasteiger partial charge in [-0.2, -0.15) is 0 Å². The van der Waals surface area contributed by atoms with Crippen LogP contribution in [-0.4, -0.2) is 67.8 Å². The van der Waals surface area contributed by atoms with Crippen molar-refractivity contribution in [2.45, 2.75) is 26.2 Å². The molecule has 0 aliphatic heterocycles. The third-order valence-corrected chi connectivity index (χ3v) is 3.72. The lowest BCUT2D eigenvalue weighted by Gasteiger charge is -2.24. The van der Waals surface area contributed by atoms with E-state index in [4.69, 9.17) is 4.74 Å². The SMILES string of the molecule is CCOC(=O)CCN(CCN(C)C)C(=O)CCC(=O)c1ccccc1. The highest BCUT2D eigenvalue weighted by molar-refractivity contribution is 5.97. The molecule has 0 saturated heterocycles. The number of likely N-dealkylation sites (N-methyl/N-ethyl adjacent to an activating group) is 1. The number of amides is 1. The van der Waals surface area contributed by atoms with Crippen LogP contribution in [-0.2, 0) is 14.3 Å². The smallest absolute Gasteiger partial charge is 0.307 e. The van der Waals surface area contributed by atoms with Gasteiger partial charge in [0.25, 0.3) is 0 Å². The summed E-state index contributed by atoms with van der Waals surface area (Å²) >= 11 is 0. The summed E-state index contributed by atoms with van der Waals surface area (Å²) in [5.41, 5.74) is 0.613. The fourth-order valence-corrected chi connectivity index (χ4v) is 2.29. The monoisotopic (exact) mass is 348 g/mol. The zero-order valence-electron chi connectivity index (χ0n) is 15.4. The number of carbonyl (C=O) groups excluding carboxylic acids is 3. The zero-order valence-corrected chi connectivity index (χ0v) is 15.4. The van der Waals surface area contributed by atoms with Gasteiger partial charge in [-0.05, 0) is 21.0 Å². The van der Waals surface area contributed by atoms with Gasteiger partial charge in [-0.15, -0.1) is 0 Å². The number of Topliss-reactive ketones (excluding diaryl/α,β-unsaturated/α-hetero) is 1. The van der Waals surface area contributed by atoms with Crippen molar-refractivity contribution < 1.29 is 19.1 Å². The fourth-order valence-electron chi connectivity index (χ4n) is 2.29. The predicted molar refractivity (Wildman–Crippen MR) is 96.4 cm³/mol. The first-order chi connectivity index (χ1) is 11.9. The number of esters is 1. The summed E-state index contributed by atoms with van der Waals surface area (Å²) in [5, 5.41) is 0. The Morgan fingerprint density at radius 1 is 0.920 bits per heavy atom. The first kappa shape index (κ1) is 20.8. The van der Waals surface area contributed by atoms with E-state index in [2.05, 4.69) is 0 Å². The number of hydrogen-bond donors (Lipinski definition) is 0. The molecule has 0 heterocycles. The van der Waals surface area contributed by atoms with Crippen LogP contribution in [0.5, 0.6) is 0 Å². The van der Waals surface area contributed by atoms with Gasteiger partial charge in [0.05, 0.1) is 13.0 Å².